The first-order valence-electron chi connectivity index (χ1n) is 8.95. The van der Waals surface area contributed by atoms with Crippen molar-refractivity contribution in [3.8, 4) is 11.3 Å². The maximum Gasteiger partial charge on any atom is 0.416 e. The van der Waals surface area contributed by atoms with Crippen LogP contribution in [0, 0.1) is 5.82 Å². The highest BCUT2D eigenvalue weighted by molar-refractivity contribution is 7.16. The largest absolute Gasteiger partial charge is 0.416 e. The number of thiazole rings is 1. The van der Waals surface area contributed by atoms with Crippen molar-refractivity contribution in [3.05, 3.63) is 34.5 Å². The Morgan fingerprint density at radius 3 is 2.46 bits per heavy atom. The standard InChI is InChI=1S/C19H21F4N3OS/c1-10-4-5-11(2)26(10)9-16-17(25-18(28-16)24-12(3)27)13-6-14(19(21,22)23)8-15(20)7-13/h6-8,10-11H,4-5,9H2,1-3H3,(H,24,25,27)/t10-,11+. The van der Waals surface area contributed by atoms with Crippen LogP contribution >= 0.6 is 11.3 Å². The Balaban J connectivity index is 2.05. The second-order valence-electron chi connectivity index (χ2n) is 7.15. The fraction of sp³-hybridized carbons (Fsp3) is 0.474. The minimum atomic E-state index is -4.66. The van der Waals surface area contributed by atoms with E-state index in [0.29, 0.717) is 29.6 Å². The molecule has 9 heteroatoms. The van der Waals surface area contributed by atoms with Gasteiger partial charge in [-0.05, 0) is 44.9 Å². The average Bonchev–Trinajstić information content (AvgIpc) is 3.11. The van der Waals surface area contributed by atoms with E-state index < -0.39 is 17.6 Å². The van der Waals surface area contributed by atoms with Crippen LogP contribution in [0.2, 0.25) is 0 Å². The Labute approximate surface area is 164 Å². The Morgan fingerprint density at radius 1 is 1.25 bits per heavy atom. The summed E-state index contributed by atoms with van der Waals surface area (Å²) in [5, 5.41) is 2.86. The van der Waals surface area contributed by atoms with Crippen LogP contribution < -0.4 is 5.32 Å². The second-order valence-corrected chi connectivity index (χ2v) is 8.23. The van der Waals surface area contributed by atoms with Crippen LogP contribution in [0.3, 0.4) is 0 Å². The monoisotopic (exact) mass is 415 g/mol. The quantitative estimate of drug-likeness (QED) is 0.690. The van der Waals surface area contributed by atoms with Crippen molar-refractivity contribution < 1.29 is 22.4 Å². The number of carbonyl (C=O) groups excluding carboxylic acids is 1. The highest BCUT2D eigenvalue weighted by Crippen LogP contribution is 2.38. The first kappa shape index (κ1) is 20.7. The Kier molecular flexibility index (Phi) is 5.77. The molecule has 1 saturated heterocycles. The Morgan fingerprint density at radius 2 is 1.89 bits per heavy atom. The van der Waals surface area contributed by atoms with E-state index in [-0.39, 0.29) is 22.3 Å². The minimum absolute atomic E-state index is 0.0506. The first-order valence-corrected chi connectivity index (χ1v) is 9.77. The SMILES string of the molecule is CC(=O)Nc1nc(-c2cc(F)cc(C(F)(F)F)c2)c(CN2[C@H](C)CC[C@@H]2C)s1. The van der Waals surface area contributed by atoms with Crippen LogP contribution in [-0.2, 0) is 17.5 Å². The summed E-state index contributed by atoms with van der Waals surface area (Å²) in [6.07, 6.45) is -2.59. The summed E-state index contributed by atoms with van der Waals surface area (Å²) < 4.78 is 53.3. The molecule has 4 nitrogen and oxygen atoms in total. The molecule has 2 aromatic rings. The fourth-order valence-electron chi connectivity index (χ4n) is 3.50. The molecule has 1 aromatic carbocycles. The van der Waals surface area contributed by atoms with Crippen LogP contribution in [0.1, 0.15) is 44.1 Å². The van der Waals surface area contributed by atoms with E-state index in [1.54, 1.807) is 0 Å². The third kappa shape index (κ3) is 4.52. The molecule has 1 amide bonds. The molecule has 0 aliphatic carbocycles. The van der Waals surface area contributed by atoms with E-state index in [4.69, 9.17) is 0 Å². The molecule has 0 bridgehead atoms. The number of carbonyl (C=O) groups is 1. The number of hydrogen-bond acceptors (Lipinski definition) is 4. The number of anilines is 1. The summed E-state index contributed by atoms with van der Waals surface area (Å²) in [4.78, 5) is 18.6. The zero-order valence-corrected chi connectivity index (χ0v) is 16.5. The number of benzene rings is 1. The molecule has 1 aliphatic rings. The number of halogens is 4. The molecule has 28 heavy (non-hydrogen) atoms. The molecule has 1 N–H and O–H groups in total. The van der Waals surface area contributed by atoms with Gasteiger partial charge in [0.15, 0.2) is 5.13 Å². The molecule has 0 unspecified atom stereocenters. The summed E-state index contributed by atoms with van der Waals surface area (Å²) in [6, 6.07) is 3.06. The first-order chi connectivity index (χ1) is 13.0. The van der Waals surface area contributed by atoms with Gasteiger partial charge in [0, 0.05) is 36.0 Å². The Bertz CT molecular complexity index is 871. The van der Waals surface area contributed by atoms with Crippen molar-refractivity contribution in [2.24, 2.45) is 0 Å². The number of amides is 1. The highest BCUT2D eigenvalue weighted by Gasteiger charge is 2.33. The van der Waals surface area contributed by atoms with E-state index in [1.807, 2.05) is 0 Å². The van der Waals surface area contributed by atoms with Gasteiger partial charge in [0.05, 0.1) is 11.3 Å². The summed E-state index contributed by atoms with van der Waals surface area (Å²) >= 11 is 1.20. The van der Waals surface area contributed by atoms with Gasteiger partial charge in [-0.2, -0.15) is 13.2 Å². The highest BCUT2D eigenvalue weighted by atomic mass is 32.1. The lowest BCUT2D eigenvalue weighted by Crippen LogP contribution is -2.31. The van der Waals surface area contributed by atoms with E-state index in [0.717, 1.165) is 25.0 Å². The van der Waals surface area contributed by atoms with Gasteiger partial charge in [-0.3, -0.25) is 9.69 Å². The molecule has 2 atom stereocenters. The number of aromatic nitrogens is 1. The lowest BCUT2D eigenvalue weighted by Gasteiger charge is -2.25. The lowest BCUT2D eigenvalue weighted by atomic mass is 10.1. The molecule has 2 heterocycles. The minimum Gasteiger partial charge on any atom is -0.302 e. The van der Waals surface area contributed by atoms with E-state index in [2.05, 4.69) is 29.0 Å². The van der Waals surface area contributed by atoms with Crippen molar-refractivity contribution in [3.63, 3.8) is 0 Å². The normalized spacial score (nSPS) is 20.5. The smallest absolute Gasteiger partial charge is 0.302 e. The summed E-state index contributed by atoms with van der Waals surface area (Å²) in [5.41, 5.74) is -0.745. The molecule has 152 valence electrons. The maximum atomic E-state index is 13.9. The van der Waals surface area contributed by atoms with Gasteiger partial charge >= 0.3 is 6.18 Å². The zero-order valence-electron chi connectivity index (χ0n) is 15.7. The third-order valence-corrected chi connectivity index (χ3v) is 5.90. The van der Waals surface area contributed by atoms with Crippen molar-refractivity contribution >= 4 is 22.4 Å². The summed E-state index contributed by atoms with van der Waals surface area (Å²) in [7, 11) is 0. The molecule has 1 aromatic heterocycles. The predicted molar refractivity (Wildman–Crippen MR) is 101 cm³/mol. The van der Waals surface area contributed by atoms with Crippen LogP contribution in [0.4, 0.5) is 22.7 Å². The van der Waals surface area contributed by atoms with Gasteiger partial charge in [0.1, 0.15) is 5.82 Å². The van der Waals surface area contributed by atoms with Crippen LogP contribution in [0.15, 0.2) is 18.2 Å². The van der Waals surface area contributed by atoms with Gasteiger partial charge in [-0.15, -0.1) is 0 Å². The molecule has 0 spiro atoms. The van der Waals surface area contributed by atoms with Crippen LogP contribution in [0.5, 0.6) is 0 Å². The van der Waals surface area contributed by atoms with Gasteiger partial charge in [-0.1, -0.05) is 11.3 Å². The van der Waals surface area contributed by atoms with Crippen molar-refractivity contribution in [1.29, 1.82) is 0 Å². The number of rotatable bonds is 4. The van der Waals surface area contributed by atoms with Crippen LogP contribution in [0.25, 0.3) is 11.3 Å². The molecule has 0 saturated carbocycles. The van der Waals surface area contributed by atoms with E-state index in [9.17, 15) is 22.4 Å². The van der Waals surface area contributed by atoms with Gasteiger partial charge in [-0.25, -0.2) is 9.37 Å². The van der Waals surface area contributed by atoms with Crippen molar-refractivity contribution in [2.75, 3.05) is 5.32 Å². The molecule has 1 fully saturated rings. The zero-order chi connectivity index (χ0) is 20.6. The summed E-state index contributed by atoms with van der Waals surface area (Å²) in [6.45, 7) is 6.01. The second kappa shape index (κ2) is 7.79. The third-order valence-electron chi connectivity index (χ3n) is 4.94. The number of hydrogen-bond donors (Lipinski definition) is 1. The number of nitrogens with zero attached hydrogens (tertiary/aromatic N) is 2. The van der Waals surface area contributed by atoms with Crippen molar-refractivity contribution in [1.82, 2.24) is 9.88 Å². The number of likely N-dealkylation sites (tertiary alicyclic amines) is 1. The van der Waals surface area contributed by atoms with Gasteiger partial charge < -0.3 is 5.32 Å². The molecule has 3 rings (SSSR count). The maximum absolute atomic E-state index is 13.9. The van der Waals surface area contributed by atoms with E-state index >= 15 is 0 Å². The predicted octanol–water partition coefficient (Wildman–Crippen LogP) is 5.30. The topological polar surface area (TPSA) is 45.2 Å². The number of alkyl halides is 3. The molecule has 1 aliphatic heterocycles. The van der Waals surface area contributed by atoms with Crippen LogP contribution in [-0.4, -0.2) is 27.9 Å². The van der Waals surface area contributed by atoms with E-state index in [1.165, 1.54) is 18.3 Å². The average molecular weight is 415 g/mol. The van der Waals surface area contributed by atoms with Gasteiger partial charge in [0.2, 0.25) is 5.91 Å². The lowest BCUT2D eigenvalue weighted by molar-refractivity contribution is -0.137. The molecule has 0 radical (unpaired) electrons. The Hall–Kier alpha value is -2.00. The van der Waals surface area contributed by atoms with Gasteiger partial charge in [0.25, 0.3) is 0 Å². The molecular weight excluding hydrogens is 394 g/mol. The van der Waals surface area contributed by atoms with Crippen molar-refractivity contribution in [2.45, 2.75) is 58.4 Å². The number of nitrogens with one attached hydrogen (secondary N) is 1. The molecular formula is C19H21F4N3OS. The fourth-order valence-corrected chi connectivity index (χ4v) is 4.54. The summed E-state index contributed by atoms with van der Waals surface area (Å²) in [5.74, 6) is -1.31.